The number of benzene rings is 2. The first-order valence-corrected chi connectivity index (χ1v) is 8.93. The Balaban J connectivity index is 1.63. The van der Waals surface area contributed by atoms with Crippen LogP contribution in [0, 0.1) is 0 Å². The number of alkyl halides is 1. The molecular weight excluding hydrogens is 404 g/mol. The van der Waals surface area contributed by atoms with Gasteiger partial charge in [-0.25, -0.2) is 9.59 Å². The summed E-state index contributed by atoms with van der Waals surface area (Å²) in [5.41, 5.74) is 0.785. The van der Waals surface area contributed by atoms with Crippen LogP contribution in [0.1, 0.15) is 20.7 Å². The minimum atomic E-state index is -1.18. The molecule has 4 atom stereocenters. The van der Waals surface area contributed by atoms with Crippen LogP contribution in [0.5, 0.6) is 0 Å². The lowest BCUT2D eigenvalue weighted by atomic mass is 10.1. The molecule has 0 aliphatic carbocycles. The van der Waals surface area contributed by atoms with Gasteiger partial charge >= 0.3 is 11.9 Å². The Hall–Kier alpha value is -2.22. The van der Waals surface area contributed by atoms with Crippen LogP contribution in [-0.4, -0.2) is 47.0 Å². The third-order valence-electron chi connectivity index (χ3n) is 3.91. The molecule has 1 fully saturated rings. The Morgan fingerprint density at radius 1 is 0.962 bits per heavy atom. The molecule has 2 aromatic carbocycles. The van der Waals surface area contributed by atoms with E-state index < -0.39 is 35.3 Å². The highest BCUT2D eigenvalue weighted by molar-refractivity contribution is 9.09. The van der Waals surface area contributed by atoms with Gasteiger partial charge in [0.25, 0.3) is 0 Å². The van der Waals surface area contributed by atoms with Crippen molar-refractivity contribution in [3.63, 3.8) is 0 Å². The van der Waals surface area contributed by atoms with Gasteiger partial charge in [0.1, 0.15) is 23.6 Å². The summed E-state index contributed by atoms with van der Waals surface area (Å²) in [4.78, 5) is 23.7. The van der Waals surface area contributed by atoms with E-state index in [0.717, 1.165) is 0 Å². The minimum absolute atomic E-state index is 0.153. The molecule has 0 spiro atoms. The summed E-state index contributed by atoms with van der Waals surface area (Å²) in [6.45, 7) is -0.153. The van der Waals surface area contributed by atoms with E-state index in [1.54, 1.807) is 60.7 Å². The summed E-state index contributed by atoms with van der Waals surface area (Å²) in [5, 5.41) is 9.90. The largest absolute Gasteiger partial charge is 0.459 e. The second-order valence-corrected chi connectivity index (χ2v) is 6.77. The number of carbonyl (C=O) groups is 2. The maximum Gasteiger partial charge on any atom is 0.338 e. The molecule has 0 unspecified atom stereocenters. The van der Waals surface area contributed by atoms with Gasteiger partial charge in [0.15, 0.2) is 6.29 Å². The van der Waals surface area contributed by atoms with Gasteiger partial charge in [-0.05, 0) is 24.3 Å². The number of rotatable bonds is 5. The molecule has 0 aromatic heterocycles. The molecule has 1 saturated heterocycles. The Morgan fingerprint density at radius 2 is 1.50 bits per heavy atom. The van der Waals surface area contributed by atoms with Gasteiger partial charge < -0.3 is 19.3 Å². The lowest BCUT2D eigenvalue weighted by Crippen LogP contribution is -2.36. The van der Waals surface area contributed by atoms with Crippen molar-refractivity contribution in [1.82, 2.24) is 0 Å². The minimum Gasteiger partial charge on any atom is -0.459 e. The van der Waals surface area contributed by atoms with E-state index in [9.17, 15) is 14.7 Å². The smallest absolute Gasteiger partial charge is 0.338 e. The normalized spacial score (nSPS) is 24.8. The summed E-state index contributed by atoms with van der Waals surface area (Å²) in [7, 11) is 0. The highest BCUT2D eigenvalue weighted by atomic mass is 79.9. The molecule has 6 nitrogen and oxygen atoms in total. The van der Waals surface area contributed by atoms with Crippen LogP contribution in [0.4, 0.5) is 0 Å². The molecule has 2 aromatic rings. The van der Waals surface area contributed by atoms with E-state index in [1.165, 1.54) is 0 Å². The van der Waals surface area contributed by atoms with Crippen LogP contribution in [0.15, 0.2) is 60.7 Å². The molecule has 26 heavy (non-hydrogen) atoms. The quantitative estimate of drug-likeness (QED) is 0.591. The molecule has 3 rings (SSSR count). The molecular formula is C19H17BrO6. The number of ether oxygens (including phenoxy) is 3. The topological polar surface area (TPSA) is 82.1 Å². The molecule has 0 saturated carbocycles. The van der Waals surface area contributed by atoms with Gasteiger partial charge in [-0.2, -0.15) is 0 Å². The van der Waals surface area contributed by atoms with E-state index in [-0.39, 0.29) is 6.61 Å². The van der Waals surface area contributed by atoms with Crippen LogP contribution in [-0.2, 0) is 14.2 Å². The first-order chi connectivity index (χ1) is 12.6. The van der Waals surface area contributed by atoms with Crippen LogP contribution in [0.2, 0.25) is 0 Å². The Morgan fingerprint density at radius 3 is 2.08 bits per heavy atom. The maximum absolute atomic E-state index is 12.3. The fourth-order valence-electron chi connectivity index (χ4n) is 2.56. The van der Waals surface area contributed by atoms with Gasteiger partial charge in [0.2, 0.25) is 0 Å². The number of hydrogen-bond acceptors (Lipinski definition) is 6. The molecule has 0 amide bonds. The summed E-state index contributed by atoms with van der Waals surface area (Å²) in [5.74, 6) is -1.06. The van der Waals surface area contributed by atoms with Crippen molar-refractivity contribution in [2.24, 2.45) is 0 Å². The zero-order valence-corrected chi connectivity index (χ0v) is 15.2. The fourth-order valence-corrected chi connectivity index (χ4v) is 3.13. The fraction of sp³-hybridized carbons (Fsp3) is 0.263. The molecule has 1 N–H and O–H groups in total. The highest BCUT2D eigenvalue weighted by Crippen LogP contribution is 2.29. The monoisotopic (exact) mass is 420 g/mol. The number of halogens is 1. The second-order valence-electron chi connectivity index (χ2n) is 5.71. The number of esters is 2. The molecule has 0 bridgehead atoms. The van der Waals surface area contributed by atoms with Crippen LogP contribution >= 0.6 is 15.9 Å². The standard InChI is InChI=1S/C19H17BrO6/c20-15-16(26-18(22)13-9-5-2-6-10-13)14(25-19(15)23)11-24-17(21)12-7-3-1-4-8-12/h1-10,14-16,19,23H,11H2/t14-,15+,16-,19+/m0/s1. The predicted octanol–water partition coefficient (Wildman–Crippen LogP) is 2.55. The lowest BCUT2D eigenvalue weighted by molar-refractivity contribution is -0.109. The van der Waals surface area contributed by atoms with Gasteiger partial charge in [-0.3, -0.25) is 0 Å². The van der Waals surface area contributed by atoms with Crippen molar-refractivity contribution in [2.45, 2.75) is 23.3 Å². The number of hydrogen-bond donors (Lipinski definition) is 1. The molecule has 136 valence electrons. The zero-order chi connectivity index (χ0) is 18.5. The van der Waals surface area contributed by atoms with Crippen molar-refractivity contribution in [2.75, 3.05) is 6.61 Å². The van der Waals surface area contributed by atoms with Crippen LogP contribution in [0.25, 0.3) is 0 Å². The van der Waals surface area contributed by atoms with E-state index in [4.69, 9.17) is 14.2 Å². The number of aliphatic hydroxyl groups is 1. The molecule has 1 aliphatic heterocycles. The maximum atomic E-state index is 12.3. The third-order valence-corrected chi connectivity index (χ3v) is 4.88. The van der Waals surface area contributed by atoms with E-state index in [0.29, 0.717) is 11.1 Å². The Bertz CT molecular complexity index is 751. The molecule has 7 heteroatoms. The van der Waals surface area contributed by atoms with E-state index in [2.05, 4.69) is 15.9 Å². The molecule has 1 aliphatic rings. The lowest BCUT2D eigenvalue weighted by Gasteiger charge is -2.20. The third kappa shape index (κ3) is 4.30. The number of aliphatic hydroxyl groups excluding tert-OH is 1. The Labute approximate surface area is 158 Å². The van der Waals surface area contributed by atoms with Crippen molar-refractivity contribution in [3.8, 4) is 0 Å². The summed E-state index contributed by atoms with van der Waals surface area (Å²) >= 11 is 3.27. The molecule has 0 radical (unpaired) electrons. The average molecular weight is 421 g/mol. The average Bonchev–Trinajstić information content (AvgIpc) is 2.95. The first kappa shape index (κ1) is 18.6. The summed E-state index contributed by atoms with van der Waals surface area (Å²) in [6, 6.07) is 17.0. The number of carbonyl (C=O) groups excluding carboxylic acids is 2. The van der Waals surface area contributed by atoms with Crippen LogP contribution < -0.4 is 0 Å². The summed E-state index contributed by atoms with van der Waals surface area (Å²) < 4.78 is 16.1. The van der Waals surface area contributed by atoms with Crippen molar-refractivity contribution >= 4 is 27.9 Å². The summed E-state index contributed by atoms with van der Waals surface area (Å²) in [6.07, 6.45) is -2.76. The van der Waals surface area contributed by atoms with Gasteiger partial charge in [-0.15, -0.1) is 0 Å². The molecule has 1 heterocycles. The van der Waals surface area contributed by atoms with Gasteiger partial charge in [0.05, 0.1) is 11.1 Å². The zero-order valence-electron chi connectivity index (χ0n) is 13.7. The van der Waals surface area contributed by atoms with Crippen LogP contribution in [0.3, 0.4) is 0 Å². The second kappa shape index (κ2) is 8.44. The highest BCUT2D eigenvalue weighted by Gasteiger charge is 2.45. The van der Waals surface area contributed by atoms with E-state index >= 15 is 0 Å². The van der Waals surface area contributed by atoms with Crippen molar-refractivity contribution in [3.05, 3.63) is 71.8 Å². The SMILES string of the molecule is O=C(OC[C@@H]1O[C@@H](O)[C@H](Br)[C@H]1OC(=O)c1ccccc1)c1ccccc1. The predicted molar refractivity (Wildman–Crippen MR) is 96.0 cm³/mol. The first-order valence-electron chi connectivity index (χ1n) is 8.02. The Kier molecular flexibility index (Phi) is 6.03. The van der Waals surface area contributed by atoms with Crippen molar-refractivity contribution < 1.29 is 28.9 Å². The van der Waals surface area contributed by atoms with Gasteiger partial charge in [-0.1, -0.05) is 52.3 Å². The van der Waals surface area contributed by atoms with Crippen molar-refractivity contribution in [1.29, 1.82) is 0 Å². The van der Waals surface area contributed by atoms with E-state index in [1.807, 2.05) is 0 Å². The van der Waals surface area contributed by atoms with Gasteiger partial charge in [0, 0.05) is 0 Å².